The van der Waals surface area contributed by atoms with E-state index in [1.807, 2.05) is 10.8 Å². The number of halogens is 6. The summed E-state index contributed by atoms with van der Waals surface area (Å²) in [5, 5.41) is 5.76. The lowest BCUT2D eigenvalue weighted by atomic mass is 10.4. The highest BCUT2D eigenvalue weighted by atomic mass is 35.5. The Morgan fingerprint density at radius 1 is 0.938 bits per heavy atom. The smallest absolute Gasteiger partial charge is 0.0959 e. The molecule has 174 valence electrons. The first-order valence-corrected chi connectivity index (χ1v) is 13.2. The molecular formula is C19H17Cl6N3OS3. The lowest BCUT2D eigenvalue weighted by Gasteiger charge is -2.13. The number of hydrogen-bond acceptors (Lipinski definition) is 6. The molecule has 32 heavy (non-hydrogen) atoms. The van der Waals surface area contributed by atoms with Crippen LogP contribution in [0.1, 0.15) is 13.1 Å². The van der Waals surface area contributed by atoms with Gasteiger partial charge in [0.15, 0.2) is 0 Å². The molecule has 0 aliphatic rings. The number of benzene rings is 2. The van der Waals surface area contributed by atoms with E-state index in [0.717, 1.165) is 36.4 Å². The van der Waals surface area contributed by atoms with E-state index in [2.05, 4.69) is 29.9 Å². The van der Waals surface area contributed by atoms with Gasteiger partial charge in [-0.25, -0.2) is 8.61 Å². The number of aromatic nitrogens is 2. The largest absolute Gasteiger partial charge is 0.322 e. The van der Waals surface area contributed by atoms with E-state index in [1.165, 1.54) is 0 Å². The number of nitrogens with one attached hydrogen (secondary N) is 1. The zero-order valence-corrected chi connectivity index (χ0v) is 23.4. The SMILES string of the molecule is CC(NCCS)n1ccnc1.Clc1cc(Cl)c(SOSc2c(Cl)cc(Cl)cc2Cl)c(Cl)c1. The molecule has 0 saturated heterocycles. The van der Waals surface area contributed by atoms with Crippen LogP contribution in [0.4, 0.5) is 0 Å². The highest BCUT2D eigenvalue weighted by Crippen LogP contribution is 2.43. The Bertz CT molecular complexity index is 906. The Hall–Kier alpha value is 0.360. The van der Waals surface area contributed by atoms with Gasteiger partial charge in [0.25, 0.3) is 0 Å². The Morgan fingerprint density at radius 2 is 1.41 bits per heavy atom. The van der Waals surface area contributed by atoms with E-state index in [4.69, 9.17) is 73.2 Å². The van der Waals surface area contributed by atoms with E-state index < -0.39 is 0 Å². The molecule has 3 aromatic rings. The van der Waals surface area contributed by atoms with Crippen molar-refractivity contribution in [2.45, 2.75) is 22.9 Å². The summed E-state index contributed by atoms with van der Waals surface area (Å²) in [6.45, 7) is 3.01. The number of nitrogens with zero attached hydrogens (tertiary/aromatic N) is 2. The molecule has 1 N–H and O–H groups in total. The summed E-state index contributed by atoms with van der Waals surface area (Å²) >= 11 is 42.0. The first-order chi connectivity index (χ1) is 15.2. The molecule has 1 unspecified atom stereocenters. The van der Waals surface area contributed by atoms with Crippen molar-refractivity contribution in [3.8, 4) is 0 Å². The van der Waals surface area contributed by atoms with E-state index >= 15 is 0 Å². The minimum Gasteiger partial charge on any atom is -0.322 e. The zero-order valence-electron chi connectivity index (χ0n) is 16.4. The van der Waals surface area contributed by atoms with Crippen LogP contribution >= 0.6 is 106 Å². The third kappa shape index (κ3) is 9.19. The Kier molecular flexibility index (Phi) is 13.1. The zero-order chi connectivity index (χ0) is 23.7. The number of rotatable bonds is 8. The van der Waals surface area contributed by atoms with Crippen molar-refractivity contribution in [1.82, 2.24) is 14.9 Å². The fourth-order valence-electron chi connectivity index (χ4n) is 2.18. The van der Waals surface area contributed by atoms with Crippen molar-refractivity contribution in [2.75, 3.05) is 12.3 Å². The van der Waals surface area contributed by atoms with Crippen LogP contribution in [-0.4, -0.2) is 21.8 Å². The summed E-state index contributed by atoms with van der Waals surface area (Å²) in [5.74, 6) is 0.860. The maximum absolute atomic E-state index is 6.05. The molecule has 0 saturated carbocycles. The second-order valence-corrected chi connectivity index (χ2v) is 10.6. The number of imidazole rings is 1. The van der Waals surface area contributed by atoms with Gasteiger partial charge in [0, 0.05) is 58.8 Å². The first kappa shape index (κ1) is 28.6. The maximum atomic E-state index is 6.05. The predicted molar refractivity (Wildman–Crippen MR) is 145 cm³/mol. The van der Waals surface area contributed by atoms with Gasteiger partial charge in [-0.15, -0.1) is 0 Å². The highest BCUT2D eigenvalue weighted by molar-refractivity contribution is 8.08. The van der Waals surface area contributed by atoms with Crippen LogP contribution in [0.5, 0.6) is 0 Å². The van der Waals surface area contributed by atoms with Crippen molar-refractivity contribution in [3.05, 3.63) is 73.1 Å². The third-order valence-corrected chi connectivity index (χ3v) is 7.74. The molecule has 0 amide bonds. The second kappa shape index (κ2) is 14.7. The highest BCUT2D eigenvalue weighted by Gasteiger charge is 2.13. The molecular weight excluding hydrogens is 595 g/mol. The standard InChI is InChI=1S/C12H4Cl6OS2.C7H13N3S/c13-5-1-7(15)11(8(16)2-5)20-19-21-12-9(17)3-6(14)4-10(12)18;1-7(9-3-5-11)10-4-2-8-6-10/h1-4H;2,4,6-7,9,11H,3,5H2,1H3. The van der Waals surface area contributed by atoms with Gasteiger partial charge in [-0.3, -0.25) is 5.32 Å². The molecule has 1 atom stereocenters. The quantitative estimate of drug-likeness (QED) is 0.196. The molecule has 4 nitrogen and oxygen atoms in total. The normalized spacial score (nSPS) is 11.8. The van der Waals surface area contributed by atoms with Gasteiger partial charge >= 0.3 is 0 Å². The van der Waals surface area contributed by atoms with Crippen LogP contribution in [-0.2, 0) is 3.63 Å². The Morgan fingerprint density at radius 3 is 1.78 bits per heavy atom. The average Bonchev–Trinajstić information content (AvgIpc) is 3.25. The summed E-state index contributed by atoms with van der Waals surface area (Å²) < 4.78 is 7.44. The van der Waals surface area contributed by atoms with Gasteiger partial charge in [-0.1, -0.05) is 69.6 Å². The van der Waals surface area contributed by atoms with Crippen LogP contribution in [0.25, 0.3) is 0 Å². The van der Waals surface area contributed by atoms with Crippen molar-refractivity contribution in [2.24, 2.45) is 0 Å². The topological polar surface area (TPSA) is 39.1 Å². The van der Waals surface area contributed by atoms with Crippen molar-refractivity contribution in [1.29, 1.82) is 0 Å². The van der Waals surface area contributed by atoms with E-state index in [-0.39, 0.29) is 0 Å². The van der Waals surface area contributed by atoms with Gasteiger partial charge in [-0.05, 0) is 31.2 Å². The molecule has 0 aliphatic heterocycles. The molecule has 1 aromatic heterocycles. The van der Waals surface area contributed by atoms with E-state index in [9.17, 15) is 0 Å². The molecule has 13 heteroatoms. The molecule has 0 spiro atoms. The predicted octanol–water partition coefficient (Wildman–Crippen LogP) is 9.26. The Balaban J connectivity index is 0.000000278. The molecule has 3 rings (SSSR count). The lowest BCUT2D eigenvalue weighted by Crippen LogP contribution is -2.24. The first-order valence-electron chi connectivity index (χ1n) is 8.85. The molecule has 0 radical (unpaired) electrons. The van der Waals surface area contributed by atoms with E-state index in [1.54, 1.807) is 36.8 Å². The van der Waals surface area contributed by atoms with Gasteiger partial charge in [0.1, 0.15) is 0 Å². The summed E-state index contributed by atoms with van der Waals surface area (Å²) in [6.07, 6.45) is 5.83. The average molecular weight is 612 g/mol. The Labute approximate surface area is 231 Å². The van der Waals surface area contributed by atoms with Crippen LogP contribution in [0.2, 0.25) is 30.1 Å². The minimum absolute atomic E-state index is 0.310. The van der Waals surface area contributed by atoms with Gasteiger partial charge in [0.2, 0.25) is 0 Å². The van der Waals surface area contributed by atoms with Gasteiger partial charge in [-0.2, -0.15) is 12.6 Å². The second-order valence-electron chi connectivity index (χ2n) is 6.00. The van der Waals surface area contributed by atoms with Crippen LogP contribution in [0.3, 0.4) is 0 Å². The van der Waals surface area contributed by atoms with Gasteiger partial charge in [0.05, 0.1) is 42.4 Å². The summed E-state index contributed by atoms with van der Waals surface area (Å²) in [5.41, 5.74) is 0. The van der Waals surface area contributed by atoms with E-state index in [0.29, 0.717) is 46.1 Å². The summed E-state index contributed by atoms with van der Waals surface area (Å²) in [6, 6.07) is 6.31. The number of thiol groups is 1. The maximum Gasteiger partial charge on any atom is 0.0959 e. The summed E-state index contributed by atoms with van der Waals surface area (Å²) in [7, 11) is 0. The molecule has 2 aromatic carbocycles. The third-order valence-electron chi connectivity index (χ3n) is 3.68. The van der Waals surface area contributed by atoms with Gasteiger partial charge < -0.3 is 4.57 Å². The van der Waals surface area contributed by atoms with Crippen LogP contribution in [0.15, 0.2) is 52.8 Å². The molecule has 0 fully saturated rings. The van der Waals surface area contributed by atoms with Crippen molar-refractivity contribution >= 4 is 106 Å². The number of hydrogen-bond donors (Lipinski definition) is 2. The van der Waals surface area contributed by atoms with Crippen molar-refractivity contribution in [3.63, 3.8) is 0 Å². The monoisotopic (exact) mass is 609 g/mol. The van der Waals surface area contributed by atoms with Crippen LogP contribution < -0.4 is 5.32 Å². The molecule has 0 aliphatic carbocycles. The molecule has 1 heterocycles. The fourth-order valence-corrected chi connectivity index (χ4v) is 5.56. The minimum atomic E-state index is 0.310. The summed E-state index contributed by atoms with van der Waals surface area (Å²) in [4.78, 5) is 5.06. The molecule has 0 bridgehead atoms. The van der Waals surface area contributed by atoms with Crippen LogP contribution in [0, 0.1) is 0 Å². The lowest BCUT2D eigenvalue weighted by molar-refractivity contribution is 0.451. The van der Waals surface area contributed by atoms with Crippen molar-refractivity contribution < 1.29 is 3.63 Å². The fraction of sp³-hybridized carbons (Fsp3) is 0.211.